The molecule has 0 aliphatic carbocycles. The molecule has 2 aromatic carbocycles. The Morgan fingerprint density at radius 1 is 1.03 bits per heavy atom. The zero-order chi connectivity index (χ0) is 22.7. The van der Waals surface area contributed by atoms with Crippen molar-refractivity contribution >= 4 is 11.8 Å². The molecule has 5 nitrogen and oxygen atoms in total. The zero-order valence-corrected chi connectivity index (χ0v) is 18.5. The number of hydrogen-bond donors (Lipinski definition) is 0. The van der Waals surface area contributed by atoms with Crippen LogP contribution in [-0.2, 0) is 11.3 Å². The predicted octanol–water partition coefficient (Wildman–Crippen LogP) is 4.42. The number of carbonyl (C=O) groups excluding carboxylic acids is 2. The number of amides is 2. The molecule has 0 N–H and O–H groups in total. The van der Waals surface area contributed by atoms with Gasteiger partial charge in [-0.1, -0.05) is 43.3 Å². The normalized spacial score (nSPS) is 15.3. The van der Waals surface area contributed by atoms with Crippen LogP contribution in [0.15, 0.2) is 66.9 Å². The van der Waals surface area contributed by atoms with Crippen molar-refractivity contribution in [3.8, 4) is 0 Å². The summed E-state index contributed by atoms with van der Waals surface area (Å²) in [6, 6.07) is 17.3. The molecule has 6 heteroatoms. The summed E-state index contributed by atoms with van der Waals surface area (Å²) in [4.78, 5) is 30.1. The van der Waals surface area contributed by atoms with E-state index in [9.17, 15) is 14.0 Å². The lowest BCUT2D eigenvalue weighted by Gasteiger charge is -2.38. The van der Waals surface area contributed by atoms with Crippen LogP contribution in [-0.4, -0.2) is 45.8 Å². The molecule has 1 atom stereocenters. The van der Waals surface area contributed by atoms with E-state index in [0.717, 1.165) is 17.7 Å². The molecule has 0 saturated carbocycles. The molecule has 0 spiro atoms. The van der Waals surface area contributed by atoms with Gasteiger partial charge in [0.1, 0.15) is 18.4 Å². The fourth-order valence-corrected chi connectivity index (χ4v) is 4.44. The highest BCUT2D eigenvalue weighted by Crippen LogP contribution is 2.34. The van der Waals surface area contributed by atoms with E-state index >= 15 is 0 Å². The maximum absolute atomic E-state index is 14.8. The van der Waals surface area contributed by atoms with Gasteiger partial charge in [0.25, 0.3) is 5.91 Å². The summed E-state index contributed by atoms with van der Waals surface area (Å²) in [5, 5.41) is 0. The van der Waals surface area contributed by atoms with E-state index in [4.69, 9.17) is 0 Å². The summed E-state index contributed by atoms with van der Waals surface area (Å²) in [5.41, 5.74) is 2.83. The number of rotatable bonds is 6. The average molecular weight is 434 g/mol. The highest BCUT2D eigenvalue weighted by Gasteiger charge is 2.34. The molecule has 32 heavy (non-hydrogen) atoms. The number of carbonyl (C=O) groups is 2. The Labute approximate surface area is 188 Å². The lowest BCUT2D eigenvalue weighted by atomic mass is 9.99. The molecule has 166 valence electrons. The monoisotopic (exact) mass is 433 g/mol. The lowest BCUT2D eigenvalue weighted by Crippen LogP contribution is -2.48. The van der Waals surface area contributed by atoms with Gasteiger partial charge in [0.15, 0.2) is 0 Å². The Morgan fingerprint density at radius 3 is 2.53 bits per heavy atom. The topological polar surface area (TPSA) is 45.6 Å². The third kappa shape index (κ3) is 4.17. The lowest BCUT2D eigenvalue weighted by molar-refractivity contribution is -0.134. The Kier molecular flexibility index (Phi) is 6.40. The van der Waals surface area contributed by atoms with Crippen molar-refractivity contribution in [2.24, 2.45) is 0 Å². The second-order valence-electron chi connectivity index (χ2n) is 8.18. The predicted molar refractivity (Wildman–Crippen MR) is 122 cm³/mol. The third-order valence-corrected chi connectivity index (χ3v) is 6.04. The SMILES string of the molecule is CCCN(CC(=O)N1CCn2cccc2[C@@H]1c1ccccc1F)C(=O)c1ccccc1C. The largest absolute Gasteiger partial charge is 0.348 e. The molecule has 0 saturated heterocycles. The Bertz CT molecular complexity index is 1120. The van der Waals surface area contributed by atoms with Gasteiger partial charge in [-0.25, -0.2) is 4.39 Å². The van der Waals surface area contributed by atoms with Gasteiger partial charge in [0.2, 0.25) is 5.91 Å². The van der Waals surface area contributed by atoms with E-state index in [2.05, 4.69) is 4.57 Å². The quantitative estimate of drug-likeness (QED) is 0.578. The molecule has 2 heterocycles. The summed E-state index contributed by atoms with van der Waals surface area (Å²) in [6.45, 7) is 5.42. The molecule has 1 aliphatic heterocycles. The molecule has 0 fully saturated rings. The average Bonchev–Trinajstić information content (AvgIpc) is 3.27. The van der Waals surface area contributed by atoms with Crippen LogP contribution >= 0.6 is 0 Å². The third-order valence-electron chi connectivity index (χ3n) is 6.04. The minimum absolute atomic E-state index is 0.0351. The van der Waals surface area contributed by atoms with Crippen molar-refractivity contribution in [3.63, 3.8) is 0 Å². The summed E-state index contributed by atoms with van der Waals surface area (Å²) >= 11 is 0. The first-order valence-corrected chi connectivity index (χ1v) is 11.0. The molecule has 0 bridgehead atoms. The van der Waals surface area contributed by atoms with Crippen LogP contribution in [0, 0.1) is 12.7 Å². The highest BCUT2D eigenvalue weighted by atomic mass is 19.1. The van der Waals surface area contributed by atoms with Crippen LogP contribution in [0.1, 0.15) is 46.6 Å². The molecular weight excluding hydrogens is 405 g/mol. The number of nitrogens with zero attached hydrogens (tertiary/aromatic N) is 3. The van der Waals surface area contributed by atoms with Crippen LogP contribution in [0.2, 0.25) is 0 Å². The van der Waals surface area contributed by atoms with Gasteiger partial charge < -0.3 is 14.4 Å². The summed E-state index contributed by atoms with van der Waals surface area (Å²) in [6.07, 6.45) is 2.70. The molecule has 2 amide bonds. The molecular formula is C26H28FN3O2. The van der Waals surface area contributed by atoms with Gasteiger partial charge >= 0.3 is 0 Å². The van der Waals surface area contributed by atoms with Crippen molar-refractivity contribution in [1.82, 2.24) is 14.4 Å². The fraction of sp³-hybridized carbons (Fsp3) is 0.308. The maximum atomic E-state index is 14.8. The fourth-order valence-electron chi connectivity index (χ4n) is 4.44. The van der Waals surface area contributed by atoms with E-state index in [1.807, 2.05) is 50.4 Å². The van der Waals surface area contributed by atoms with E-state index in [-0.39, 0.29) is 24.2 Å². The first-order chi connectivity index (χ1) is 15.5. The van der Waals surface area contributed by atoms with Gasteiger partial charge in [-0.3, -0.25) is 9.59 Å². The van der Waals surface area contributed by atoms with Crippen molar-refractivity contribution in [2.75, 3.05) is 19.6 Å². The van der Waals surface area contributed by atoms with Crippen LogP contribution < -0.4 is 0 Å². The summed E-state index contributed by atoms with van der Waals surface area (Å²) in [5.74, 6) is -0.673. The van der Waals surface area contributed by atoms with Gasteiger partial charge in [-0.15, -0.1) is 0 Å². The van der Waals surface area contributed by atoms with Crippen LogP contribution in [0.3, 0.4) is 0 Å². The van der Waals surface area contributed by atoms with E-state index in [1.54, 1.807) is 34.1 Å². The minimum Gasteiger partial charge on any atom is -0.348 e. The van der Waals surface area contributed by atoms with E-state index < -0.39 is 6.04 Å². The van der Waals surface area contributed by atoms with E-state index in [0.29, 0.717) is 30.8 Å². The van der Waals surface area contributed by atoms with Gasteiger partial charge in [0.05, 0.1) is 0 Å². The second-order valence-corrected chi connectivity index (χ2v) is 8.18. The standard InChI is InChI=1S/C26H28FN3O2/c1-3-14-29(26(32)20-10-5-4-9-19(20)2)18-24(31)30-17-16-28-15-8-13-23(28)25(30)21-11-6-7-12-22(21)27/h4-13,15,25H,3,14,16-18H2,1-2H3/t25-/m0/s1. The Morgan fingerprint density at radius 2 is 1.78 bits per heavy atom. The van der Waals surface area contributed by atoms with Crippen molar-refractivity contribution < 1.29 is 14.0 Å². The van der Waals surface area contributed by atoms with Crippen LogP contribution in [0.4, 0.5) is 4.39 Å². The molecule has 1 aromatic heterocycles. The second kappa shape index (κ2) is 9.39. The molecule has 3 aromatic rings. The minimum atomic E-state index is -0.524. The van der Waals surface area contributed by atoms with Gasteiger partial charge in [-0.05, 0) is 43.2 Å². The number of aryl methyl sites for hydroxylation is 1. The smallest absolute Gasteiger partial charge is 0.254 e. The van der Waals surface area contributed by atoms with Crippen molar-refractivity contribution in [1.29, 1.82) is 0 Å². The number of hydrogen-bond acceptors (Lipinski definition) is 2. The van der Waals surface area contributed by atoms with Crippen LogP contribution in [0.25, 0.3) is 0 Å². The first kappa shape index (κ1) is 21.8. The Hall–Kier alpha value is -3.41. The number of aromatic nitrogens is 1. The van der Waals surface area contributed by atoms with Crippen molar-refractivity contribution in [2.45, 2.75) is 32.9 Å². The molecule has 4 rings (SSSR count). The van der Waals surface area contributed by atoms with Crippen molar-refractivity contribution in [3.05, 3.63) is 95.1 Å². The van der Waals surface area contributed by atoms with Crippen LogP contribution in [0.5, 0.6) is 0 Å². The molecule has 0 radical (unpaired) electrons. The van der Waals surface area contributed by atoms with Gasteiger partial charge in [-0.2, -0.15) is 0 Å². The number of fused-ring (bicyclic) bond motifs is 1. The first-order valence-electron chi connectivity index (χ1n) is 11.0. The highest BCUT2D eigenvalue weighted by molar-refractivity contribution is 5.97. The maximum Gasteiger partial charge on any atom is 0.254 e. The zero-order valence-electron chi connectivity index (χ0n) is 18.5. The summed E-state index contributed by atoms with van der Waals surface area (Å²) in [7, 11) is 0. The molecule has 0 unspecified atom stereocenters. The Balaban J connectivity index is 1.64. The number of halogens is 1. The van der Waals surface area contributed by atoms with E-state index in [1.165, 1.54) is 6.07 Å². The molecule has 1 aliphatic rings. The van der Waals surface area contributed by atoms with Gasteiger partial charge in [0, 0.05) is 42.7 Å². The number of benzene rings is 2. The summed E-state index contributed by atoms with van der Waals surface area (Å²) < 4.78 is 16.8.